The molecule has 0 aliphatic heterocycles. The van der Waals surface area contributed by atoms with Crippen molar-refractivity contribution in [3.8, 4) is 0 Å². The molecule has 1 aromatic rings. The molecular weight excluding hydrogens is 266 g/mol. The normalized spacial score (nSPS) is 12.3. The molecule has 0 bridgehead atoms. The third-order valence-electron chi connectivity index (χ3n) is 2.97. The number of aliphatic imine (C=N–C) groups is 2. The molecule has 0 saturated carbocycles. The summed E-state index contributed by atoms with van der Waals surface area (Å²) in [6, 6.07) is 5.97. The molecule has 0 amide bonds. The minimum absolute atomic E-state index is 0.136. The monoisotopic (exact) mass is 289 g/mol. The number of nitrogens with one attached hydrogen (secondary N) is 1. The van der Waals surface area contributed by atoms with E-state index in [1.54, 1.807) is 0 Å². The van der Waals surface area contributed by atoms with Crippen LogP contribution in [0.4, 0.5) is 5.69 Å². The van der Waals surface area contributed by atoms with E-state index in [4.69, 9.17) is 11.5 Å². The number of aldehydes is 1. The van der Waals surface area contributed by atoms with Gasteiger partial charge in [0.2, 0.25) is 11.9 Å². The van der Waals surface area contributed by atoms with Gasteiger partial charge in [0, 0.05) is 18.7 Å². The van der Waals surface area contributed by atoms with Crippen LogP contribution >= 0.6 is 0 Å². The van der Waals surface area contributed by atoms with E-state index >= 15 is 0 Å². The SMILES string of the molecule is Cc1cccc(C)c1N/C(N)=N\C(N)=NCCCCC=O. The van der Waals surface area contributed by atoms with Gasteiger partial charge in [-0.3, -0.25) is 4.99 Å². The Morgan fingerprint density at radius 3 is 2.52 bits per heavy atom. The molecule has 1 aromatic carbocycles. The van der Waals surface area contributed by atoms with Crippen LogP contribution in [0.1, 0.15) is 30.4 Å². The van der Waals surface area contributed by atoms with Crippen LogP contribution in [0.5, 0.6) is 0 Å². The van der Waals surface area contributed by atoms with Gasteiger partial charge in [0.05, 0.1) is 0 Å². The summed E-state index contributed by atoms with van der Waals surface area (Å²) in [7, 11) is 0. The lowest BCUT2D eigenvalue weighted by Gasteiger charge is -2.11. The van der Waals surface area contributed by atoms with Crippen molar-refractivity contribution in [2.75, 3.05) is 11.9 Å². The number of hydrogen-bond donors (Lipinski definition) is 3. The molecule has 5 N–H and O–H groups in total. The lowest BCUT2D eigenvalue weighted by atomic mass is 10.1. The van der Waals surface area contributed by atoms with Crippen molar-refractivity contribution in [1.82, 2.24) is 0 Å². The molecule has 6 nitrogen and oxygen atoms in total. The Labute approximate surface area is 125 Å². The maximum atomic E-state index is 10.2. The number of nitrogens with two attached hydrogens (primary N) is 2. The van der Waals surface area contributed by atoms with Crippen LogP contribution in [0, 0.1) is 13.8 Å². The quantitative estimate of drug-likeness (QED) is 0.321. The summed E-state index contributed by atoms with van der Waals surface area (Å²) in [6.07, 6.45) is 3.06. The molecule has 0 fully saturated rings. The first-order valence-electron chi connectivity index (χ1n) is 6.95. The molecule has 0 unspecified atom stereocenters. The Kier molecular flexibility index (Phi) is 6.94. The van der Waals surface area contributed by atoms with Crippen molar-refractivity contribution in [2.45, 2.75) is 33.1 Å². The molecule has 0 spiro atoms. The highest BCUT2D eigenvalue weighted by Gasteiger charge is 2.03. The van der Waals surface area contributed by atoms with E-state index in [2.05, 4.69) is 15.3 Å². The summed E-state index contributed by atoms with van der Waals surface area (Å²) < 4.78 is 0. The van der Waals surface area contributed by atoms with Crippen LogP contribution in [0.3, 0.4) is 0 Å². The van der Waals surface area contributed by atoms with Crippen molar-refractivity contribution < 1.29 is 4.79 Å². The van der Waals surface area contributed by atoms with E-state index in [0.29, 0.717) is 13.0 Å². The number of benzene rings is 1. The lowest BCUT2D eigenvalue weighted by Crippen LogP contribution is -2.27. The van der Waals surface area contributed by atoms with E-state index in [9.17, 15) is 4.79 Å². The molecule has 0 radical (unpaired) electrons. The Balaban J connectivity index is 2.59. The van der Waals surface area contributed by atoms with Gasteiger partial charge in [-0.15, -0.1) is 0 Å². The number of para-hydroxylation sites is 1. The fourth-order valence-corrected chi connectivity index (χ4v) is 1.86. The van der Waals surface area contributed by atoms with Crippen molar-refractivity contribution in [3.05, 3.63) is 29.3 Å². The molecule has 0 aromatic heterocycles. The van der Waals surface area contributed by atoms with E-state index in [0.717, 1.165) is 35.9 Å². The summed E-state index contributed by atoms with van der Waals surface area (Å²) in [5, 5.41) is 3.04. The lowest BCUT2D eigenvalue weighted by molar-refractivity contribution is -0.107. The predicted molar refractivity (Wildman–Crippen MR) is 87.6 cm³/mol. The van der Waals surface area contributed by atoms with E-state index in [1.165, 1.54) is 0 Å². The summed E-state index contributed by atoms with van der Waals surface area (Å²) in [5.74, 6) is 0.346. The summed E-state index contributed by atoms with van der Waals surface area (Å²) in [5.41, 5.74) is 14.6. The summed E-state index contributed by atoms with van der Waals surface area (Å²) in [4.78, 5) is 18.3. The van der Waals surface area contributed by atoms with E-state index < -0.39 is 0 Å². The number of aryl methyl sites for hydroxylation is 2. The number of hydrogen-bond acceptors (Lipinski definition) is 2. The molecule has 0 aliphatic rings. The first-order chi connectivity index (χ1) is 10.0. The third kappa shape index (κ3) is 6.07. The number of rotatable bonds is 6. The topological polar surface area (TPSA) is 106 Å². The van der Waals surface area contributed by atoms with Gasteiger partial charge in [-0.2, -0.15) is 4.99 Å². The molecule has 1 rings (SSSR count). The minimum atomic E-state index is 0.136. The molecule has 0 atom stereocenters. The summed E-state index contributed by atoms with van der Waals surface area (Å²) >= 11 is 0. The van der Waals surface area contributed by atoms with Gasteiger partial charge < -0.3 is 21.6 Å². The largest absolute Gasteiger partial charge is 0.369 e. The van der Waals surface area contributed by atoms with Crippen molar-refractivity contribution >= 4 is 23.9 Å². The standard InChI is InChI=1S/C15H23N5O/c1-11-7-6-8-12(2)13(11)19-15(17)20-14(16)18-9-4-3-5-10-21/h6-8,10H,3-5,9H2,1-2H3,(H5,16,17,18,19,20). The molecule has 114 valence electrons. The Bertz CT molecular complexity index is 517. The maximum Gasteiger partial charge on any atom is 0.218 e. The molecular formula is C15H23N5O. The smallest absolute Gasteiger partial charge is 0.218 e. The molecule has 0 saturated heterocycles. The average Bonchev–Trinajstić information content (AvgIpc) is 2.43. The highest BCUT2D eigenvalue weighted by atomic mass is 16.1. The minimum Gasteiger partial charge on any atom is -0.369 e. The average molecular weight is 289 g/mol. The zero-order valence-electron chi connectivity index (χ0n) is 12.6. The fourth-order valence-electron chi connectivity index (χ4n) is 1.86. The van der Waals surface area contributed by atoms with E-state index in [1.807, 2.05) is 32.0 Å². The van der Waals surface area contributed by atoms with Crippen molar-refractivity contribution in [1.29, 1.82) is 0 Å². The van der Waals surface area contributed by atoms with Crippen LogP contribution < -0.4 is 16.8 Å². The molecule has 0 aliphatic carbocycles. The summed E-state index contributed by atoms with van der Waals surface area (Å²) in [6.45, 7) is 4.53. The van der Waals surface area contributed by atoms with Gasteiger partial charge in [0.25, 0.3) is 0 Å². The van der Waals surface area contributed by atoms with Gasteiger partial charge in [0.15, 0.2) is 0 Å². The first-order valence-corrected chi connectivity index (χ1v) is 6.95. The Morgan fingerprint density at radius 2 is 1.90 bits per heavy atom. The molecule has 6 heteroatoms. The second-order valence-electron chi connectivity index (χ2n) is 4.79. The first kappa shape index (κ1) is 16.7. The number of anilines is 1. The number of carbonyl (C=O) groups excluding carboxylic acids is 1. The second kappa shape index (κ2) is 8.73. The fraction of sp³-hybridized carbons (Fsp3) is 0.400. The Morgan fingerprint density at radius 1 is 1.24 bits per heavy atom. The second-order valence-corrected chi connectivity index (χ2v) is 4.79. The van der Waals surface area contributed by atoms with Gasteiger partial charge in [-0.1, -0.05) is 18.2 Å². The maximum absolute atomic E-state index is 10.2. The van der Waals surface area contributed by atoms with Crippen molar-refractivity contribution in [3.63, 3.8) is 0 Å². The van der Waals surface area contributed by atoms with Gasteiger partial charge in [-0.05, 0) is 37.8 Å². The Hall–Kier alpha value is -2.37. The highest BCUT2D eigenvalue weighted by Crippen LogP contribution is 2.18. The third-order valence-corrected chi connectivity index (χ3v) is 2.97. The zero-order valence-corrected chi connectivity index (χ0v) is 12.6. The van der Waals surface area contributed by atoms with Gasteiger partial charge >= 0.3 is 0 Å². The van der Waals surface area contributed by atoms with Crippen LogP contribution in [0.2, 0.25) is 0 Å². The van der Waals surface area contributed by atoms with Gasteiger partial charge in [-0.25, -0.2) is 0 Å². The van der Waals surface area contributed by atoms with Crippen molar-refractivity contribution in [2.24, 2.45) is 21.5 Å². The number of guanidine groups is 2. The van der Waals surface area contributed by atoms with Crippen LogP contribution in [0.15, 0.2) is 28.2 Å². The van der Waals surface area contributed by atoms with Crippen LogP contribution in [-0.2, 0) is 4.79 Å². The number of carbonyl (C=O) groups is 1. The van der Waals surface area contributed by atoms with E-state index in [-0.39, 0.29) is 11.9 Å². The van der Waals surface area contributed by atoms with Crippen LogP contribution in [-0.4, -0.2) is 24.8 Å². The number of nitrogens with zero attached hydrogens (tertiary/aromatic N) is 2. The molecule has 21 heavy (non-hydrogen) atoms. The highest BCUT2D eigenvalue weighted by molar-refractivity contribution is 6.01. The zero-order chi connectivity index (χ0) is 15.7. The van der Waals surface area contributed by atoms with Gasteiger partial charge in [0.1, 0.15) is 6.29 Å². The van der Waals surface area contributed by atoms with Crippen LogP contribution in [0.25, 0.3) is 0 Å². The predicted octanol–water partition coefficient (Wildman–Crippen LogP) is 1.71. The molecule has 0 heterocycles. The number of unbranched alkanes of at least 4 members (excludes halogenated alkanes) is 2.